The van der Waals surface area contributed by atoms with E-state index in [0.717, 1.165) is 25.7 Å². The van der Waals surface area contributed by atoms with Crippen LogP contribution in [0.1, 0.15) is 49.4 Å². The number of sulfonamides is 1. The van der Waals surface area contributed by atoms with Gasteiger partial charge in [0.15, 0.2) is 0 Å². The monoisotopic (exact) mass is 377 g/mol. The maximum absolute atomic E-state index is 11.9. The lowest BCUT2D eigenvalue weighted by Crippen LogP contribution is -2.14. The van der Waals surface area contributed by atoms with Crippen LogP contribution in [0.4, 0.5) is 0 Å². The second-order valence-corrected chi connectivity index (χ2v) is 7.15. The fraction of sp³-hybridized carbons (Fsp3) is 0.500. The Morgan fingerprint density at radius 3 is 2.52 bits per heavy atom. The molecule has 21 heavy (non-hydrogen) atoms. The Kier molecular flexibility index (Phi) is 7.34. The van der Waals surface area contributed by atoms with E-state index in [4.69, 9.17) is 9.88 Å². The molecule has 0 amide bonds. The zero-order valence-electron chi connectivity index (χ0n) is 12.0. The third-order valence-electron chi connectivity index (χ3n) is 2.97. The first-order chi connectivity index (χ1) is 9.86. The van der Waals surface area contributed by atoms with Gasteiger partial charge in [0.1, 0.15) is 0 Å². The number of ether oxygens (including phenoxy) is 1. The van der Waals surface area contributed by atoms with Crippen molar-refractivity contribution in [3.63, 3.8) is 0 Å². The van der Waals surface area contributed by atoms with Crippen molar-refractivity contribution in [2.75, 3.05) is 6.61 Å². The second-order valence-electron chi connectivity index (χ2n) is 4.74. The number of nitrogens with two attached hydrogens (primary N) is 1. The van der Waals surface area contributed by atoms with Gasteiger partial charge in [-0.3, -0.25) is 0 Å². The molecular weight excluding hydrogens is 358 g/mol. The first-order valence-electron chi connectivity index (χ1n) is 6.85. The van der Waals surface area contributed by atoms with E-state index in [1.165, 1.54) is 24.6 Å². The highest BCUT2D eigenvalue weighted by molar-refractivity contribution is 9.10. The molecule has 118 valence electrons. The van der Waals surface area contributed by atoms with Gasteiger partial charge in [0.05, 0.1) is 17.1 Å². The fourth-order valence-corrected chi connectivity index (χ4v) is 2.73. The number of benzene rings is 1. The Balaban J connectivity index is 2.62. The minimum absolute atomic E-state index is 0.111. The largest absolute Gasteiger partial charge is 0.462 e. The predicted molar refractivity (Wildman–Crippen MR) is 84.6 cm³/mol. The summed E-state index contributed by atoms with van der Waals surface area (Å²) in [5.41, 5.74) is 0.162. The molecule has 0 fully saturated rings. The zero-order valence-corrected chi connectivity index (χ0v) is 14.4. The van der Waals surface area contributed by atoms with Crippen molar-refractivity contribution in [1.29, 1.82) is 0 Å². The van der Waals surface area contributed by atoms with Crippen molar-refractivity contribution in [3.05, 3.63) is 28.2 Å². The molecular formula is C14H20BrNO4S. The molecule has 0 aliphatic rings. The SMILES string of the molecule is CCCCCCCOC(=O)c1cc(S(N)(=O)=O)ccc1Br. The minimum atomic E-state index is -3.84. The number of primary sulfonamides is 1. The summed E-state index contributed by atoms with van der Waals surface area (Å²) in [5, 5.41) is 5.05. The van der Waals surface area contributed by atoms with Crippen molar-refractivity contribution in [3.8, 4) is 0 Å². The zero-order chi connectivity index (χ0) is 15.9. The van der Waals surface area contributed by atoms with E-state index in [2.05, 4.69) is 22.9 Å². The quantitative estimate of drug-likeness (QED) is 0.556. The molecule has 0 unspecified atom stereocenters. The van der Waals surface area contributed by atoms with E-state index in [1.54, 1.807) is 0 Å². The van der Waals surface area contributed by atoms with E-state index in [0.29, 0.717) is 11.1 Å². The third kappa shape index (κ3) is 6.15. The number of carbonyl (C=O) groups is 1. The summed E-state index contributed by atoms with van der Waals surface area (Å²) in [6, 6.07) is 4.03. The van der Waals surface area contributed by atoms with Crippen LogP contribution in [0, 0.1) is 0 Å². The van der Waals surface area contributed by atoms with Gasteiger partial charge in [0, 0.05) is 4.47 Å². The molecule has 0 spiro atoms. The van der Waals surface area contributed by atoms with E-state index >= 15 is 0 Å². The molecule has 0 aliphatic carbocycles. The molecule has 1 rings (SSSR count). The lowest BCUT2D eigenvalue weighted by molar-refractivity contribution is 0.0496. The van der Waals surface area contributed by atoms with Crippen LogP contribution in [0.15, 0.2) is 27.6 Å². The molecule has 0 aliphatic heterocycles. The average molecular weight is 378 g/mol. The van der Waals surface area contributed by atoms with Crippen LogP contribution in [0.2, 0.25) is 0 Å². The van der Waals surface area contributed by atoms with Crippen molar-refractivity contribution in [1.82, 2.24) is 0 Å². The minimum Gasteiger partial charge on any atom is -0.462 e. The lowest BCUT2D eigenvalue weighted by atomic mass is 10.2. The first-order valence-corrected chi connectivity index (χ1v) is 9.19. The van der Waals surface area contributed by atoms with Crippen molar-refractivity contribution in [2.24, 2.45) is 5.14 Å². The van der Waals surface area contributed by atoms with Crippen LogP contribution in [0.5, 0.6) is 0 Å². The Hall–Kier alpha value is -0.920. The summed E-state index contributed by atoms with van der Waals surface area (Å²) < 4.78 is 28.2. The maximum Gasteiger partial charge on any atom is 0.339 e. The molecule has 0 saturated heterocycles. The first kappa shape index (κ1) is 18.1. The molecule has 0 atom stereocenters. The maximum atomic E-state index is 11.9. The van der Waals surface area contributed by atoms with Gasteiger partial charge in [-0.15, -0.1) is 0 Å². The van der Waals surface area contributed by atoms with Gasteiger partial charge in [-0.25, -0.2) is 18.4 Å². The van der Waals surface area contributed by atoms with Gasteiger partial charge in [-0.2, -0.15) is 0 Å². The molecule has 1 aromatic rings. The summed E-state index contributed by atoms with van der Waals surface area (Å²) in [6.07, 6.45) is 5.28. The summed E-state index contributed by atoms with van der Waals surface area (Å²) >= 11 is 3.20. The lowest BCUT2D eigenvalue weighted by Gasteiger charge is -2.08. The van der Waals surface area contributed by atoms with E-state index in [1.807, 2.05) is 0 Å². The Bertz CT molecular complexity index is 587. The smallest absolute Gasteiger partial charge is 0.339 e. The van der Waals surface area contributed by atoms with Gasteiger partial charge in [-0.05, 0) is 40.5 Å². The van der Waals surface area contributed by atoms with Crippen LogP contribution in [-0.4, -0.2) is 21.0 Å². The van der Waals surface area contributed by atoms with E-state index < -0.39 is 16.0 Å². The molecule has 7 heteroatoms. The van der Waals surface area contributed by atoms with Gasteiger partial charge >= 0.3 is 5.97 Å². The molecule has 5 nitrogen and oxygen atoms in total. The van der Waals surface area contributed by atoms with Crippen LogP contribution < -0.4 is 5.14 Å². The third-order valence-corrected chi connectivity index (χ3v) is 4.57. The second kappa shape index (κ2) is 8.51. The molecule has 2 N–H and O–H groups in total. The van der Waals surface area contributed by atoms with Crippen LogP contribution in [0.25, 0.3) is 0 Å². The number of carbonyl (C=O) groups excluding carboxylic acids is 1. The van der Waals surface area contributed by atoms with Gasteiger partial charge in [-0.1, -0.05) is 32.6 Å². The van der Waals surface area contributed by atoms with Gasteiger partial charge in [0.25, 0.3) is 0 Å². The average Bonchev–Trinajstić information content (AvgIpc) is 2.41. The molecule has 0 bridgehead atoms. The summed E-state index contributed by atoms with van der Waals surface area (Å²) in [6.45, 7) is 2.46. The highest BCUT2D eigenvalue weighted by Gasteiger charge is 2.16. The van der Waals surface area contributed by atoms with Crippen LogP contribution in [-0.2, 0) is 14.8 Å². The van der Waals surface area contributed by atoms with Crippen LogP contribution in [0.3, 0.4) is 0 Å². The van der Waals surface area contributed by atoms with Gasteiger partial charge < -0.3 is 4.74 Å². The fourth-order valence-electron chi connectivity index (χ4n) is 1.79. The number of rotatable bonds is 8. The van der Waals surface area contributed by atoms with Gasteiger partial charge in [0.2, 0.25) is 10.0 Å². The Morgan fingerprint density at radius 2 is 1.90 bits per heavy atom. The standard InChI is InChI=1S/C14H20BrNO4S/c1-2-3-4-5-6-9-20-14(17)12-10-11(21(16,18)19)7-8-13(12)15/h7-8,10H,2-6,9H2,1H3,(H2,16,18,19). The highest BCUT2D eigenvalue weighted by atomic mass is 79.9. The summed E-state index contributed by atoms with van der Waals surface area (Å²) in [7, 11) is -3.84. The topological polar surface area (TPSA) is 86.5 Å². The number of unbranched alkanes of at least 4 members (excludes halogenated alkanes) is 4. The molecule has 0 radical (unpaired) electrons. The number of hydrogen-bond acceptors (Lipinski definition) is 4. The molecule has 1 aromatic carbocycles. The molecule has 0 saturated carbocycles. The van der Waals surface area contributed by atoms with Crippen molar-refractivity contribution < 1.29 is 17.9 Å². The molecule has 0 heterocycles. The number of esters is 1. The summed E-state index contributed by atoms with van der Waals surface area (Å²) in [4.78, 5) is 11.8. The van der Waals surface area contributed by atoms with Crippen LogP contribution >= 0.6 is 15.9 Å². The Labute approximate surface area is 134 Å². The van der Waals surface area contributed by atoms with Crippen molar-refractivity contribution >= 4 is 31.9 Å². The van der Waals surface area contributed by atoms with Crippen molar-refractivity contribution in [2.45, 2.75) is 43.9 Å². The normalized spacial score (nSPS) is 11.4. The summed E-state index contributed by atoms with van der Waals surface area (Å²) in [5.74, 6) is -0.553. The highest BCUT2D eigenvalue weighted by Crippen LogP contribution is 2.21. The Morgan fingerprint density at radius 1 is 1.24 bits per heavy atom. The molecule has 0 aromatic heterocycles. The number of hydrogen-bond donors (Lipinski definition) is 1. The number of halogens is 1. The van der Waals surface area contributed by atoms with E-state index in [9.17, 15) is 13.2 Å². The predicted octanol–water partition coefficient (Wildman–Crippen LogP) is 3.22. The van der Waals surface area contributed by atoms with E-state index in [-0.39, 0.29) is 10.5 Å².